The molecule has 0 spiro atoms. The van der Waals surface area contributed by atoms with Gasteiger partial charge in [0.15, 0.2) is 9.84 Å². The number of carbonyl (C=O) groups excluding carboxylic acids is 1. The average Bonchev–Trinajstić information content (AvgIpc) is 3.18. The Morgan fingerprint density at radius 1 is 1.13 bits per heavy atom. The largest absolute Gasteiger partial charge is 0.417 e. The summed E-state index contributed by atoms with van der Waals surface area (Å²) in [7, 11) is -4.39. The summed E-state index contributed by atoms with van der Waals surface area (Å²) in [6.07, 6.45) is -5.02. The highest BCUT2D eigenvalue weighted by molar-refractivity contribution is 7.92. The third-order valence-electron chi connectivity index (χ3n) is 4.93. The molecule has 158 valence electrons. The number of alkyl halides is 3. The van der Waals surface area contributed by atoms with Crippen LogP contribution in [-0.4, -0.2) is 38.7 Å². The standard InChI is InChI=1S/C20H18F3N3O3S/c21-20(22,23)16-8-4-5-9-18(16)30(28,29)15-12-17(19(27)25-11-10-24)26(13-15)14-6-2-1-3-7-14/h1-9,15,17H,11-13H2,(H,25,27). The van der Waals surface area contributed by atoms with Crippen LogP contribution in [0.25, 0.3) is 0 Å². The third kappa shape index (κ3) is 4.26. The maximum atomic E-state index is 13.4. The first kappa shape index (κ1) is 21.6. The number of rotatable bonds is 5. The fourth-order valence-electron chi connectivity index (χ4n) is 3.55. The van der Waals surface area contributed by atoms with Gasteiger partial charge in [-0.25, -0.2) is 8.42 Å². The van der Waals surface area contributed by atoms with Crippen molar-refractivity contribution in [3.63, 3.8) is 0 Å². The molecule has 2 aromatic rings. The van der Waals surface area contributed by atoms with Gasteiger partial charge in [-0.15, -0.1) is 0 Å². The number of hydrogen-bond acceptors (Lipinski definition) is 5. The highest BCUT2D eigenvalue weighted by Crippen LogP contribution is 2.38. The van der Waals surface area contributed by atoms with Crippen LogP contribution in [0.15, 0.2) is 59.5 Å². The molecule has 2 unspecified atom stereocenters. The lowest BCUT2D eigenvalue weighted by Gasteiger charge is -2.25. The highest BCUT2D eigenvalue weighted by Gasteiger charge is 2.46. The second-order valence-corrected chi connectivity index (χ2v) is 8.97. The summed E-state index contributed by atoms with van der Waals surface area (Å²) in [6, 6.07) is 13.4. The fourth-order valence-corrected chi connectivity index (χ4v) is 5.46. The Kier molecular flexibility index (Phi) is 6.03. The highest BCUT2D eigenvalue weighted by atomic mass is 32.2. The van der Waals surface area contributed by atoms with Gasteiger partial charge in [-0.2, -0.15) is 18.4 Å². The minimum atomic E-state index is -4.83. The third-order valence-corrected chi connectivity index (χ3v) is 7.12. The predicted molar refractivity (Wildman–Crippen MR) is 103 cm³/mol. The summed E-state index contributed by atoms with van der Waals surface area (Å²) in [5.74, 6) is -0.554. The van der Waals surface area contributed by atoms with Gasteiger partial charge in [0.25, 0.3) is 0 Å². The van der Waals surface area contributed by atoms with Crippen molar-refractivity contribution in [2.24, 2.45) is 0 Å². The number of nitrogens with zero attached hydrogens (tertiary/aromatic N) is 2. The lowest BCUT2D eigenvalue weighted by Crippen LogP contribution is -2.43. The van der Waals surface area contributed by atoms with Crippen LogP contribution in [0.1, 0.15) is 12.0 Å². The van der Waals surface area contributed by atoms with Crippen LogP contribution in [0.2, 0.25) is 0 Å². The van der Waals surface area contributed by atoms with E-state index < -0.39 is 43.7 Å². The molecule has 6 nitrogen and oxygen atoms in total. The maximum Gasteiger partial charge on any atom is 0.417 e. The fraction of sp³-hybridized carbons (Fsp3) is 0.300. The van der Waals surface area contributed by atoms with Crippen molar-refractivity contribution in [2.45, 2.75) is 28.8 Å². The summed E-state index contributed by atoms with van der Waals surface area (Å²) in [4.78, 5) is 13.3. The lowest BCUT2D eigenvalue weighted by molar-refractivity contribution is -0.139. The van der Waals surface area contributed by atoms with Crippen LogP contribution in [0.3, 0.4) is 0 Å². The normalized spacial score (nSPS) is 19.3. The Morgan fingerprint density at radius 3 is 2.40 bits per heavy atom. The molecule has 10 heteroatoms. The molecule has 1 aliphatic rings. The Hall–Kier alpha value is -3.06. The molecule has 30 heavy (non-hydrogen) atoms. The zero-order valence-electron chi connectivity index (χ0n) is 15.6. The number of nitrogens with one attached hydrogen (secondary N) is 1. The van der Waals surface area contributed by atoms with Gasteiger partial charge in [0.1, 0.15) is 12.6 Å². The molecular formula is C20H18F3N3O3S. The zero-order chi connectivity index (χ0) is 21.9. The van der Waals surface area contributed by atoms with Crippen molar-refractivity contribution >= 4 is 21.4 Å². The Balaban J connectivity index is 1.99. The van der Waals surface area contributed by atoms with Crippen molar-refractivity contribution in [3.8, 4) is 6.07 Å². The van der Waals surface area contributed by atoms with E-state index in [0.717, 1.165) is 18.2 Å². The monoisotopic (exact) mass is 437 g/mol. The Morgan fingerprint density at radius 2 is 1.77 bits per heavy atom. The summed E-state index contributed by atoms with van der Waals surface area (Å²) < 4.78 is 66.4. The topological polar surface area (TPSA) is 90.3 Å². The first-order valence-corrected chi connectivity index (χ1v) is 10.6. The van der Waals surface area contributed by atoms with E-state index in [1.807, 2.05) is 0 Å². The summed E-state index contributed by atoms with van der Waals surface area (Å²) in [5, 5.41) is 9.88. The van der Waals surface area contributed by atoms with Crippen molar-refractivity contribution in [1.82, 2.24) is 5.32 Å². The number of halogens is 3. The van der Waals surface area contributed by atoms with Gasteiger partial charge < -0.3 is 10.2 Å². The quantitative estimate of drug-likeness (QED) is 0.727. The van der Waals surface area contributed by atoms with Gasteiger partial charge >= 0.3 is 6.18 Å². The number of carbonyl (C=O) groups is 1. The molecule has 1 aliphatic heterocycles. The first-order valence-electron chi connectivity index (χ1n) is 9.02. The number of anilines is 1. The van der Waals surface area contributed by atoms with Gasteiger partial charge in [0.05, 0.1) is 21.8 Å². The Labute approximate surface area is 171 Å². The zero-order valence-corrected chi connectivity index (χ0v) is 16.4. The van der Waals surface area contributed by atoms with E-state index in [-0.39, 0.29) is 19.5 Å². The smallest absolute Gasteiger partial charge is 0.358 e. The molecule has 1 saturated heterocycles. The number of benzene rings is 2. The van der Waals surface area contributed by atoms with E-state index in [1.165, 1.54) is 6.07 Å². The second-order valence-electron chi connectivity index (χ2n) is 6.78. The van der Waals surface area contributed by atoms with Crippen LogP contribution in [0, 0.1) is 11.3 Å². The van der Waals surface area contributed by atoms with E-state index in [0.29, 0.717) is 5.69 Å². The molecule has 1 fully saturated rings. The number of hydrogen-bond donors (Lipinski definition) is 1. The molecule has 1 amide bonds. The molecule has 0 saturated carbocycles. The van der Waals surface area contributed by atoms with Crippen LogP contribution in [-0.2, 0) is 20.8 Å². The molecule has 0 radical (unpaired) electrons. The van der Waals surface area contributed by atoms with Gasteiger partial charge in [-0.3, -0.25) is 4.79 Å². The van der Waals surface area contributed by atoms with E-state index in [1.54, 1.807) is 41.3 Å². The van der Waals surface area contributed by atoms with Crippen molar-refractivity contribution < 1.29 is 26.4 Å². The SMILES string of the molecule is N#CCNC(=O)C1CC(S(=O)(=O)c2ccccc2C(F)(F)F)CN1c1ccccc1. The van der Waals surface area contributed by atoms with Crippen LogP contribution in [0.4, 0.5) is 18.9 Å². The molecule has 3 rings (SSSR count). The van der Waals surface area contributed by atoms with Gasteiger partial charge in [-0.1, -0.05) is 30.3 Å². The van der Waals surface area contributed by atoms with Gasteiger partial charge in [0, 0.05) is 12.2 Å². The van der Waals surface area contributed by atoms with Crippen LogP contribution < -0.4 is 10.2 Å². The summed E-state index contributed by atoms with van der Waals surface area (Å²) in [5.41, 5.74) is -0.662. The summed E-state index contributed by atoms with van der Waals surface area (Å²) >= 11 is 0. The van der Waals surface area contributed by atoms with Gasteiger partial charge in [0.2, 0.25) is 5.91 Å². The molecule has 0 aliphatic carbocycles. The van der Waals surface area contributed by atoms with Gasteiger partial charge in [-0.05, 0) is 30.7 Å². The molecular weight excluding hydrogens is 419 g/mol. The predicted octanol–water partition coefficient (Wildman–Crippen LogP) is 2.77. The lowest BCUT2D eigenvalue weighted by atomic mass is 10.2. The molecule has 1 heterocycles. The van der Waals surface area contributed by atoms with Crippen LogP contribution in [0.5, 0.6) is 0 Å². The van der Waals surface area contributed by atoms with Crippen molar-refractivity contribution in [1.29, 1.82) is 5.26 Å². The molecule has 0 aromatic heterocycles. The van der Waals surface area contributed by atoms with Crippen molar-refractivity contribution in [3.05, 3.63) is 60.2 Å². The number of amides is 1. The number of nitriles is 1. The van der Waals surface area contributed by atoms with E-state index >= 15 is 0 Å². The second kappa shape index (κ2) is 8.36. The summed E-state index contributed by atoms with van der Waals surface area (Å²) in [6.45, 7) is -0.407. The molecule has 2 aromatic carbocycles. The molecule has 1 N–H and O–H groups in total. The molecule has 0 bridgehead atoms. The minimum Gasteiger partial charge on any atom is -0.358 e. The van der Waals surface area contributed by atoms with E-state index in [2.05, 4.69) is 5.32 Å². The van der Waals surface area contributed by atoms with Crippen LogP contribution >= 0.6 is 0 Å². The number of para-hydroxylation sites is 1. The Bertz CT molecular complexity index is 1070. The molecule has 2 atom stereocenters. The van der Waals surface area contributed by atoms with Crippen molar-refractivity contribution in [2.75, 3.05) is 18.0 Å². The van der Waals surface area contributed by atoms with E-state index in [4.69, 9.17) is 5.26 Å². The average molecular weight is 437 g/mol. The number of sulfone groups is 1. The van der Waals surface area contributed by atoms with E-state index in [9.17, 15) is 26.4 Å². The first-order chi connectivity index (χ1) is 14.2. The maximum absolute atomic E-state index is 13.4. The minimum absolute atomic E-state index is 0.150.